The Morgan fingerprint density at radius 2 is 2.20 bits per heavy atom. The first-order chi connectivity index (χ1) is 9.35. The summed E-state index contributed by atoms with van der Waals surface area (Å²) in [4.78, 5) is 5.92. The molecule has 0 saturated carbocycles. The fourth-order valence-electron chi connectivity index (χ4n) is 2.76. The van der Waals surface area contributed by atoms with Gasteiger partial charge in [0.15, 0.2) is 0 Å². The predicted octanol–water partition coefficient (Wildman–Crippen LogP) is 4.14. The van der Waals surface area contributed by atoms with Crippen LogP contribution in [0.5, 0.6) is 5.75 Å². The molecule has 0 radical (unpaired) electrons. The van der Waals surface area contributed by atoms with Crippen molar-refractivity contribution < 1.29 is 5.11 Å². The van der Waals surface area contributed by atoms with E-state index in [-0.39, 0.29) is 17.2 Å². The van der Waals surface area contributed by atoms with Crippen LogP contribution in [-0.4, -0.2) is 10.1 Å². The van der Waals surface area contributed by atoms with Crippen LogP contribution in [0.15, 0.2) is 18.2 Å². The highest BCUT2D eigenvalue weighted by Crippen LogP contribution is 2.44. The number of fused-ring (bicyclic) bond motifs is 1. The maximum atomic E-state index is 9.49. The van der Waals surface area contributed by atoms with Gasteiger partial charge in [-0.25, -0.2) is 4.98 Å². The number of thiazole rings is 1. The quantitative estimate of drug-likeness (QED) is 0.832. The van der Waals surface area contributed by atoms with Gasteiger partial charge in [-0.1, -0.05) is 25.4 Å². The highest BCUT2D eigenvalue weighted by molar-refractivity contribution is 7.15. The first-order valence-electron chi connectivity index (χ1n) is 6.60. The number of halogens is 1. The Bertz CT molecular complexity index is 666. The number of phenolic OH excluding ortho intramolecular Hbond substituents is 1. The molecular formula is C15H17ClN2OS. The zero-order valence-electron chi connectivity index (χ0n) is 11.5. The fourth-order valence-corrected chi connectivity index (χ4v) is 4.02. The van der Waals surface area contributed by atoms with Crippen molar-refractivity contribution in [3.8, 4) is 16.3 Å². The van der Waals surface area contributed by atoms with Crippen LogP contribution in [0.4, 0.5) is 0 Å². The molecule has 1 heterocycles. The third kappa shape index (κ3) is 2.43. The number of phenols is 1. The molecule has 0 aliphatic heterocycles. The highest BCUT2D eigenvalue weighted by atomic mass is 35.5. The normalized spacial score (nSPS) is 20.7. The van der Waals surface area contributed by atoms with Crippen molar-refractivity contribution in [1.29, 1.82) is 0 Å². The Balaban J connectivity index is 2.03. The van der Waals surface area contributed by atoms with E-state index in [1.54, 1.807) is 23.5 Å². The second-order valence-corrected chi connectivity index (χ2v) is 7.59. The Kier molecular flexibility index (Phi) is 3.27. The number of aromatic hydroxyl groups is 1. The number of hydrogen-bond acceptors (Lipinski definition) is 4. The summed E-state index contributed by atoms with van der Waals surface area (Å²) in [5.74, 6) is 0.0922. The number of rotatable bonds is 1. The van der Waals surface area contributed by atoms with Crippen LogP contribution in [0.2, 0.25) is 5.02 Å². The van der Waals surface area contributed by atoms with Crippen molar-refractivity contribution in [3.05, 3.63) is 33.8 Å². The average Bonchev–Trinajstić information content (AvgIpc) is 2.75. The molecule has 1 aliphatic rings. The Hall–Kier alpha value is -1.10. The van der Waals surface area contributed by atoms with Gasteiger partial charge in [-0.2, -0.15) is 0 Å². The molecule has 1 unspecified atom stereocenters. The summed E-state index contributed by atoms with van der Waals surface area (Å²) in [6, 6.07) is 5.25. The van der Waals surface area contributed by atoms with Gasteiger partial charge in [0.2, 0.25) is 0 Å². The molecule has 1 aromatic carbocycles. The van der Waals surface area contributed by atoms with E-state index in [2.05, 4.69) is 13.8 Å². The highest BCUT2D eigenvalue weighted by Gasteiger charge is 2.33. The SMILES string of the molecule is CC1(C)Cc2nc(-c3ccc(O)c(Cl)c3)sc2C(N)C1. The molecule has 5 heteroatoms. The summed E-state index contributed by atoms with van der Waals surface area (Å²) in [6.07, 6.45) is 1.94. The van der Waals surface area contributed by atoms with Gasteiger partial charge in [-0.3, -0.25) is 0 Å². The maximum Gasteiger partial charge on any atom is 0.134 e. The molecule has 3 nitrogen and oxygen atoms in total. The van der Waals surface area contributed by atoms with E-state index in [4.69, 9.17) is 22.3 Å². The number of nitrogens with two attached hydrogens (primary N) is 1. The Morgan fingerprint density at radius 3 is 2.90 bits per heavy atom. The number of benzene rings is 1. The molecule has 0 spiro atoms. The third-order valence-electron chi connectivity index (χ3n) is 3.68. The minimum Gasteiger partial charge on any atom is -0.506 e. The summed E-state index contributed by atoms with van der Waals surface area (Å²) in [5.41, 5.74) is 8.51. The molecular weight excluding hydrogens is 292 g/mol. The van der Waals surface area contributed by atoms with Gasteiger partial charge in [-0.05, 0) is 36.5 Å². The second-order valence-electron chi connectivity index (χ2n) is 6.15. The van der Waals surface area contributed by atoms with E-state index in [0.717, 1.165) is 29.1 Å². The topological polar surface area (TPSA) is 59.1 Å². The summed E-state index contributed by atoms with van der Waals surface area (Å²) in [7, 11) is 0. The molecule has 1 aromatic heterocycles. The molecule has 106 valence electrons. The lowest BCUT2D eigenvalue weighted by atomic mass is 9.77. The fraction of sp³-hybridized carbons (Fsp3) is 0.400. The smallest absolute Gasteiger partial charge is 0.134 e. The number of hydrogen-bond donors (Lipinski definition) is 2. The lowest BCUT2D eigenvalue weighted by Gasteiger charge is -2.32. The van der Waals surface area contributed by atoms with Crippen molar-refractivity contribution in [2.24, 2.45) is 11.1 Å². The summed E-state index contributed by atoms with van der Waals surface area (Å²) in [5, 5.41) is 10.8. The van der Waals surface area contributed by atoms with Crippen molar-refractivity contribution >= 4 is 22.9 Å². The third-order valence-corrected chi connectivity index (χ3v) is 5.26. The molecule has 3 N–H and O–H groups in total. The maximum absolute atomic E-state index is 9.49. The van der Waals surface area contributed by atoms with Crippen LogP contribution in [0.3, 0.4) is 0 Å². The average molecular weight is 309 g/mol. The molecule has 20 heavy (non-hydrogen) atoms. The van der Waals surface area contributed by atoms with Crippen molar-refractivity contribution in [3.63, 3.8) is 0 Å². The van der Waals surface area contributed by atoms with Gasteiger partial charge in [0.05, 0.1) is 10.7 Å². The van der Waals surface area contributed by atoms with Crippen molar-refractivity contribution in [2.75, 3.05) is 0 Å². The van der Waals surface area contributed by atoms with Crippen LogP contribution < -0.4 is 5.73 Å². The van der Waals surface area contributed by atoms with Crippen LogP contribution in [0.1, 0.15) is 36.9 Å². The minimum absolute atomic E-state index is 0.0626. The summed E-state index contributed by atoms with van der Waals surface area (Å²) < 4.78 is 0. The van der Waals surface area contributed by atoms with Crippen LogP contribution in [0.25, 0.3) is 10.6 Å². The largest absolute Gasteiger partial charge is 0.506 e. The van der Waals surface area contributed by atoms with Crippen LogP contribution in [0, 0.1) is 5.41 Å². The van der Waals surface area contributed by atoms with E-state index in [0.29, 0.717) is 5.02 Å². The van der Waals surface area contributed by atoms with Gasteiger partial charge >= 0.3 is 0 Å². The lowest BCUT2D eigenvalue weighted by Crippen LogP contribution is -2.28. The van der Waals surface area contributed by atoms with Crippen LogP contribution in [-0.2, 0) is 6.42 Å². The van der Waals surface area contributed by atoms with E-state index in [1.807, 2.05) is 6.07 Å². The Morgan fingerprint density at radius 1 is 1.45 bits per heavy atom. The van der Waals surface area contributed by atoms with Crippen molar-refractivity contribution in [2.45, 2.75) is 32.7 Å². The van der Waals surface area contributed by atoms with Crippen molar-refractivity contribution in [1.82, 2.24) is 4.98 Å². The van der Waals surface area contributed by atoms with E-state index < -0.39 is 0 Å². The van der Waals surface area contributed by atoms with Gasteiger partial charge in [0.1, 0.15) is 10.8 Å². The van der Waals surface area contributed by atoms with Gasteiger partial charge < -0.3 is 10.8 Å². The Labute approximate surface area is 127 Å². The van der Waals surface area contributed by atoms with E-state index in [9.17, 15) is 5.11 Å². The first kappa shape index (κ1) is 13.9. The molecule has 2 aromatic rings. The standard InChI is InChI=1S/C15H17ClN2OS/c1-15(2)6-10(17)13-11(7-15)18-14(20-13)8-3-4-12(19)9(16)5-8/h3-5,10,19H,6-7,17H2,1-2H3. The predicted molar refractivity (Wildman–Crippen MR) is 83.3 cm³/mol. The molecule has 0 bridgehead atoms. The van der Waals surface area contributed by atoms with Gasteiger partial charge in [-0.15, -0.1) is 11.3 Å². The lowest BCUT2D eigenvalue weighted by molar-refractivity contribution is 0.282. The number of aromatic nitrogens is 1. The molecule has 0 amide bonds. The molecule has 3 rings (SSSR count). The molecule has 1 atom stereocenters. The first-order valence-corrected chi connectivity index (χ1v) is 7.79. The molecule has 0 fully saturated rings. The second kappa shape index (κ2) is 4.72. The monoisotopic (exact) mass is 308 g/mol. The van der Waals surface area contributed by atoms with Gasteiger partial charge in [0.25, 0.3) is 0 Å². The summed E-state index contributed by atoms with van der Waals surface area (Å²) in [6.45, 7) is 4.46. The molecule has 0 saturated heterocycles. The zero-order valence-corrected chi connectivity index (χ0v) is 13.1. The van der Waals surface area contributed by atoms with E-state index in [1.165, 1.54) is 4.88 Å². The van der Waals surface area contributed by atoms with Crippen LogP contribution >= 0.6 is 22.9 Å². The molecule has 1 aliphatic carbocycles. The summed E-state index contributed by atoms with van der Waals surface area (Å²) >= 11 is 7.60. The number of nitrogens with zero attached hydrogens (tertiary/aromatic N) is 1. The zero-order chi connectivity index (χ0) is 14.5. The van der Waals surface area contributed by atoms with E-state index >= 15 is 0 Å². The van der Waals surface area contributed by atoms with Gasteiger partial charge in [0, 0.05) is 16.5 Å². The minimum atomic E-state index is 0.0626.